The number of nitrogens with one attached hydrogen (secondary N) is 2. The molecule has 0 aliphatic carbocycles. The minimum absolute atomic E-state index is 0.0343. The molecule has 0 atom stereocenters. The van der Waals surface area contributed by atoms with Crippen molar-refractivity contribution in [2.24, 2.45) is 0 Å². The van der Waals surface area contributed by atoms with Gasteiger partial charge in [-0.2, -0.15) is 13.2 Å². The molecule has 2 amide bonds. The first-order valence-electron chi connectivity index (χ1n) is 8.59. The number of anilines is 2. The summed E-state index contributed by atoms with van der Waals surface area (Å²) < 4.78 is 38.8. The summed E-state index contributed by atoms with van der Waals surface area (Å²) in [5.74, 6) is 0.00802. The number of alkyl halides is 3. The van der Waals surface area contributed by atoms with Crippen LogP contribution in [-0.4, -0.2) is 24.1 Å². The third-order valence-corrected chi connectivity index (χ3v) is 5.21. The van der Waals surface area contributed by atoms with E-state index in [4.69, 9.17) is 0 Å². The van der Waals surface area contributed by atoms with Crippen LogP contribution in [0.5, 0.6) is 0 Å². The summed E-state index contributed by atoms with van der Waals surface area (Å²) in [7, 11) is 0. The van der Waals surface area contributed by atoms with Crippen molar-refractivity contribution in [3.8, 4) is 0 Å². The van der Waals surface area contributed by atoms with Crippen LogP contribution in [-0.2, 0) is 15.8 Å². The summed E-state index contributed by atoms with van der Waals surface area (Å²) in [5.41, 5.74) is 4.20. The highest BCUT2D eigenvalue weighted by Crippen LogP contribution is 2.35. The van der Waals surface area contributed by atoms with E-state index in [0.717, 1.165) is 22.4 Å². The molecule has 148 valence electrons. The Morgan fingerprint density at radius 3 is 2.54 bits per heavy atom. The van der Waals surface area contributed by atoms with Crippen molar-refractivity contribution in [2.75, 3.05) is 22.6 Å². The largest absolute Gasteiger partial charge is 0.418 e. The van der Waals surface area contributed by atoms with Gasteiger partial charge in [-0.15, -0.1) is 11.8 Å². The molecule has 0 bridgehead atoms. The number of rotatable bonds is 5. The molecule has 5 nitrogen and oxygen atoms in total. The molecule has 0 aromatic heterocycles. The van der Waals surface area contributed by atoms with Crippen LogP contribution in [0.2, 0.25) is 0 Å². The van der Waals surface area contributed by atoms with Gasteiger partial charge in [0, 0.05) is 30.0 Å². The van der Waals surface area contributed by atoms with Crippen molar-refractivity contribution < 1.29 is 22.8 Å². The van der Waals surface area contributed by atoms with E-state index in [-0.39, 0.29) is 24.4 Å². The van der Waals surface area contributed by atoms with Crippen molar-refractivity contribution >= 4 is 35.0 Å². The quantitative estimate of drug-likeness (QED) is 0.731. The van der Waals surface area contributed by atoms with Crippen molar-refractivity contribution in [2.45, 2.75) is 23.9 Å². The van der Waals surface area contributed by atoms with Gasteiger partial charge in [-0.3, -0.25) is 20.4 Å². The topological polar surface area (TPSA) is 61.4 Å². The van der Waals surface area contributed by atoms with Gasteiger partial charge in [-0.1, -0.05) is 24.3 Å². The Labute approximate surface area is 164 Å². The number of thioether (sulfide) groups is 1. The molecule has 2 aromatic carbocycles. The summed E-state index contributed by atoms with van der Waals surface area (Å²) in [6.07, 6.45) is -4.71. The average molecular weight is 409 g/mol. The highest BCUT2D eigenvalue weighted by atomic mass is 32.2. The number of nitrogens with zero attached hydrogens (tertiary/aromatic N) is 1. The van der Waals surface area contributed by atoms with Gasteiger partial charge in [0.05, 0.1) is 16.9 Å². The Bertz CT molecular complexity index is 873. The lowest BCUT2D eigenvalue weighted by molar-refractivity contribution is -0.137. The van der Waals surface area contributed by atoms with E-state index < -0.39 is 17.6 Å². The second-order valence-electron chi connectivity index (χ2n) is 6.08. The van der Waals surface area contributed by atoms with Crippen LogP contribution in [0.25, 0.3) is 0 Å². The van der Waals surface area contributed by atoms with Gasteiger partial charge >= 0.3 is 6.18 Å². The van der Waals surface area contributed by atoms with E-state index in [0.29, 0.717) is 6.54 Å². The predicted octanol–water partition coefficient (Wildman–Crippen LogP) is 4.07. The maximum Gasteiger partial charge on any atom is 0.418 e. The number of benzene rings is 2. The lowest BCUT2D eigenvalue weighted by Crippen LogP contribution is -2.37. The number of amides is 2. The van der Waals surface area contributed by atoms with Crippen LogP contribution in [0.1, 0.15) is 18.4 Å². The second-order valence-corrected chi connectivity index (χ2v) is 7.21. The number of hydrazine groups is 1. The summed E-state index contributed by atoms with van der Waals surface area (Å²) in [4.78, 5) is 27.1. The molecule has 2 aromatic rings. The standard InChI is InChI=1S/C19H18F3N3O2S/c20-19(21,22)13-5-1-2-6-14(13)23-24-17(26)9-10-18(27)25-11-12-28-16-8-4-3-7-15(16)25/h1-8,23H,9-12H2,(H,24,26). The number of hydrogen-bond donors (Lipinski definition) is 2. The zero-order chi connectivity index (χ0) is 20.1. The fraction of sp³-hybridized carbons (Fsp3) is 0.263. The monoisotopic (exact) mass is 409 g/mol. The van der Waals surface area contributed by atoms with Gasteiger partial charge in [-0.05, 0) is 24.3 Å². The minimum Gasteiger partial charge on any atom is -0.310 e. The Kier molecular flexibility index (Phi) is 6.13. The van der Waals surface area contributed by atoms with Crippen molar-refractivity contribution in [1.82, 2.24) is 5.43 Å². The summed E-state index contributed by atoms with van der Waals surface area (Å²) >= 11 is 1.67. The van der Waals surface area contributed by atoms with E-state index >= 15 is 0 Å². The van der Waals surface area contributed by atoms with Crippen molar-refractivity contribution in [3.05, 3.63) is 54.1 Å². The van der Waals surface area contributed by atoms with Gasteiger partial charge in [0.25, 0.3) is 0 Å². The fourth-order valence-electron chi connectivity index (χ4n) is 2.82. The maximum atomic E-state index is 12.9. The van der Waals surface area contributed by atoms with Crippen LogP contribution in [0.3, 0.4) is 0 Å². The van der Waals surface area contributed by atoms with Crippen LogP contribution in [0.15, 0.2) is 53.4 Å². The number of carbonyl (C=O) groups excluding carboxylic acids is 2. The number of halogens is 3. The van der Waals surface area contributed by atoms with E-state index in [1.54, 1.807) is 16.7 Å². The SMILES string of the molecule is O=C(CCC(=O)N1CCSc2ccccc21)NNc1ccccc1C(F)(F)F. The van der Waals surface area contributed by atoms with Gasteiger partial charge < -0.3 is 4.90 Å². The molecular weight excluding hydrogens is 391 g/mol. The summed E-state index contributed by atoms with van der Waals surface area (Å²) in [6, 6.07) is 12.4. The fourth-order valence-corrected chi connectivity index (χ4v) is 3.82. The second kappa shape index (κ2) is 8.55. The molecule has 3 rings (SSSR count). The van der Waals surface area contributed by atoms with Crippen LogP contribution < -0.4 is 15.8 Å². The third kappa shape index (κ3) is 4.78. The Balaban J connectivity index is 1.54. The number of fused-ring (bicyclic) bond motifs is 1. The van der Waals surface area contributed by atoms with E-state index in [1.165, 1.54) is 18.2 Å². The smallest absolute Gasteiger partial charge is 0.310 e. The number of carbonyl (C=O) groups is 2. The minimum atomic E-state index is -4.54. The lowest BCUT2D eigenvalue weighted by atomic mass is 10.2. The lowest BCUT2D eigenvalue weighted by Gasteiger charge is -2.29. The van der Waals surface area contributed by atoms with Crippen LogP contribution in [0, 0.1) is 0 Å². The zero-order valence-electron chi connectivity index (χ0n) is 14.8. The normalized spacial score (nSPS) is 13.6. The Morgan fingerprint density at radius 1 is 1.04 bits per heavy atom. The molecule has 1 aliphatic heterocycles. The van der Waals surface area contributed by atoms with Crippen molar-refractivity contribution in [1.29, 1.82) is 0 Å². The first-order valence-corrected chi connectivity index (χ1v) is 9.58. The van der Waals surface area contributed by atoms with Crippen LogP contribution in [0.4, 0.5) is 24.5 Å². The molecule has 1 heterocycles. The summed E-state index contributed by atoms with van der Waals surface area (Å²) in [5, 5.41) is 0. The molecule has 0 spiro atoms. The molecule has 1 aliphatic rings. The van der Waals surface area contributed by atoms with E-state index in [2.05, 4.69) is 10.9 Å². The highest BCUT2D eigenvalue weighted by molar-refractivity contribution is 7.99. The molecule has 0 saturated heterocycles. The predicted molar refractivity (Wildman–Crippen MR) is 102 cm³/mol. The maximum absolute atomic E-state index is 12.9. The van der Waals surface area contributed by atoms with Gasteiger partial charge in [0.15, 0.2) is 0 Å². The molecule has 0 radical (unpaired) electrons. The Morgan fingerprint density at radius 2 is 1.75 bits per heavy atom. The molecule has 9 heteroatoms. The molecule has 2 N–H and O–H groups in total. The zero-order valence-corrected chi connectivity index (χ0v) is 15.6. The van der Waals surface area contributed by atoms with Gasteiger partial charge in [-0.25, -0.2) is 0 Å². The third-order valence-electron chi connectivity index (χ3n) is 4.16. The first-order chi connectivity index (χ1) is 13.4. The van der Waals surface area contributed by atoms with Gasteiger partial charge in [0.2, 0.25) is 11.8 Å². The van der Waals surface area contributed by atoms with Crippen molar-refractivity contribution in [3.63, 3.8) is 0 Å². The Hall–Kier alpha value is -2.68. The van der Waals surface area contributed by atoms with E-state index in [9.17, 15) is 22.8 Å². The van der Waals surface area contributed by atoms with Crippen LogP contribution >= 0.6 is 11.8 Å². The summed E-state index contributed by atoms with van der Waals surface area (Å²) in [6.45, 7) is 0.555. The van der Waals surface area contributed by atoms with E-state index in [1.807, 2.05) is 24.3 Å². The molecule has 0 saturated carbocycles. The van der Waals surface area contributed by atoms with Gasteiger partial charge in [0.1, 0.15) is 0 Å². The first kappa shape index (κ1) is 20.1. The number of para-hydroxylation sites is 2. The highest BCUT2D eigenvalue weighted by Gasteiger charge is 2.33. The molecule has 0 unspecified atom stereocenters. The molecular formula is C19H18F3N3O2S. The molecule has 28 heavy (non-hydrogen) atoms. The average Bonchev–Trinajstić information content (AvgIpc) is 2.69. The number of hydrogen-bond acceptors (Lipinski definition) is 4. The molecule has 0 fully saturated rings.